The highest BCUT2D eigenvalue weighted by molar-refractivity contribution is 7.71. The van der Waals surface area contributed by atoms with E-state index in [0.29, 0.717) is 35.1 Å². The summed E-state index contributed by atoms with van der Waals surface area (Å²) < 4.78 is 0.829. The summed E-state index contributed by atoms with van der Waals surface area (Å²) in [7, 11) is 0. The first-order chi connectivity index (χ1) is 9.44. The molecule has 8 N–H and O–H groups in total. The molecule has 1 rings (SSSR count). The lowest BCUT2D eigenvalue weighted by Gasteiger charge is -2.19. The van der Waals surface area contributed by atoms with Gasteiger partial charge in [-0.25, -0.2) is 0 Å². The van der Waals surface area contributed by atoms with Crippen LogP contribution in [-0.2, 0) is 0 Å². The van der Waals surface area contributed by atoms with Crippen LogP contribution in [0, 0.1) is 9.54 Å². The number of hydrogen-bond donors (Lipinski definition) is 5. The molecule has 7 nitrogen and oxygen atoms in total. The summed E-state index contributed by atoms with van der Waals surface area (Å²) in [5, 5.41) is 0. The minimum atomic E-state index is -0.338. The average molecular weight is 315 g/mol. The molecule has 0 saturated carbocycles. The first kappa shape index (κ1) is 18.6. The van der Waals surface area contributed by atoms with Gasteiger partial charge < -0.3 is 32.1 Å². The molecule has 1 heterocycles. The van der Waals surface area contributed by atoms with E-state index in [2.05, 4.69) is 28.1 Å². The summed E-state index contributed by atoms with van der Waals surface area (Å²) in [5.74, 6) is 0.628. The monoisotopic (exact) mass is 315 g/mol. The van der Waals surface area contributed by atoms with Crippen molar-refractivity contribution in [1.29, 1.82) is 0 Å². The number of H-pyrrole nitrogens is 2. The predicted molar refractivity (Wildman–Crippen MR) is 88.4 cm³/mol. The third kappa shape index (κ3) is 7.92. The molecular formula is C11H21N7S2. The maximum atomic E-state index is 4.98. The fraction of sp³-hybridized carbons (Fsp3) is 0.364. The Bertz CT molecular complexity index is 482. The van der Waals surface area contributed by atoms with Gasteiger partial charge in [0.2, 0.25) is 10.7 Å². The lowest BCUT2D eigenvalue weighted by atomic mass is 10.5. The van der Waals surface area contributed by atoms with Crippen LogP contribution in [0.2, 0.25) is 0 Å². The van der Waals surface area contributed by atoms with Crippen LogP contribution in [0.4, 0.5) is 5.95 Å². The molecule has 0 radical (unpaired) electrons. The smallest absolute Gasteiger partial charge is 0.208 e. The van der Waals surface area contributed by atoms with Crippen molar-refractivity contribution in [2.24, 2.45) is 17.2 Å². The van der Waals surface area contributed by atoms with Crippen molar-refractivity contribution in [3.05, 3.63) is 34.9 Å². The minimum absolute atomic E-state index is 0.338. The van der Waals surface area contributed by atoms with Crippen molar-refractivity contribution in [3.8, 4) is 0 Å². The third-order valence-electron chi connectivity index (χ3n) is 1.92. The summed E-state index contributed by atoms with van der Waals surface area (Å²) >= 11 is 9.92. The summed E-state index contributed by atoms with van der Waals surface area (Å²) in [5.41, 5.74) is 14.8. The zero-order chi connectivity index (χ0) is 15.5. The van der Waals surface area contributed by atoms with Crippen LogP contribution >= 0.6 is 24.4 Å². The van der Waals surface area contributed by atoms with Crippen LogP contribution < -0.4 is 22.1 Å². The number of rotatable bonds is 6. The number of hydrogen-bond acceptors (Lipinski definition) is 7. The fourth-order valence-corrected chi connectivity index (χ4v) is 1.53. The van der Waals surface area contributed by atoms with Crippen molar-refractivity contribution >= 4 is 30.4 Å². The zero-order valence-electron chi connectivity index (χ0n) is 11.2. The molecule has 0 saturated heterocycles. The third-order valence-corrected chi connectivity index (χ3v) is 2.32. The lowest BCUT2D eigenvalue weighted by molar-refractivity contribution is 0.718. The van der Waals surface area contributed by atoms with Gasteiger partial charge in [-0.05, 0) is 24.4 Å². The lowest BCUT2D eigenvalue weighted by Crippen LogP contribution is -2.37. The highest BCUT2D eigenvalue weighted by Crippen LogP contribution is 2.05. The van der Waals surface area contributed by atoms with Crippen LogP contribution in [0.15, 0.2) is 25.3 Å². The van der Waals surface area contributed by atoms with E-state index in [0.717, 1.165) is 0 Å². The fourth-order valence-electron chi connectivity index (χ4n) is 1.09. The zero-order valence-corrected chi connectivity index (χ0v) is 12.8. The molecule has 0 bridgehead atoms. The van der Waals surface area contributed by atoms with E-state index in [9.17, 15) is 0 Å². The topological polar surface area (TPSA) is 126 Å². The quantitative estimate of drug-likeness (QED) is 0.295. The number of nitrogens with one attached hydrogen (secondary N) is 2. The van der Waals surface area contributed by atoms with E-state index < -0.39 is 0 Å². The van der Waals surface area contributed by atoms with E-state index in [1.165, 1.54) is 0 Å². The molecule has 0 unspecified atom stereocenters. The summed E-state index contributed by atoms with van der Waals surface area (Å²) in [6.45, 7) is 9.02. The minimum Gasteiger partial charge on any atom is -0.335 e. The first-order valence-electron chi connectivity index (χ1n) is 5.83. The van der Waals surface area contributed by atoms with Crippen molar-refractivity contribution in [3.63, 3.8) is 0 Å². The van der Waals surface area contributed by atoms with E-state index in [1.807, 2.05) is 4.90 Å². The van der Waals surface area contributed by atoms with Gasteiger partial charge in [-0.2, -0.15) is 4.98 Å². The van der Waals surface area contributed by atoms with Crippen molar-refractivity contribution in [1.82, 2.24) is 15.0 Å². The van der Waals surface area contributed by atoms with Crippen molar-refractivity contribution in [2.45, 2.75) is 6.17 Å². The molecule has 0 aliphatic heterocycles. The molecule has 1 aromatic heterocycles. The van der Waals surface area contributed by atoms with E-state index in [1.54, 1.807) is 12.2 Å². The highest BCUT2D eigenvalue weighted by atomic mass is 32.1. The molecule has 0 atom stereocenters. The van der Waals surface area contributed by atoms with Crippen LogP contribution in [0.1, 0.15) is 0 Å². The molecule has 0 aromatic carbocycles. The van der Waals surface area contributed by atoms with E-state index in [4.69, 9.17) is 41.6 Å². The number of aromatic amines is 2. The van der Waals surface area contributed by atoms with Gasteiger partial charge in [0.15, 0.2) is 4.77 Å². The molecular weight excluding hydrogens is 294 g/mol. The predicted octanol–water partition coefficient (Wildman–Crippen LogP) is 0.564. The standard InChI is InChI=1S/C9H12N4S2.C2H9N3/c1-3-5-13(6-4-2)7-10-8(14)12-9(15)11-7;3-1-2(4)5/h3-4H,1-2,5-6H2,(H2,10,11,12,14,15);2H,1,3-5H2. The second kappa shape index (κ2) is 10.4. The van der Waals surface area contributed by atoms with Crippen molar-refractivity contribution < 1.29 is 0 Å². The molecule has 9 heteroatoms. The molecule has 112 valence electrons. The molecule has 0 spiro atoms. The van der Waals surface area contributed by atoms with Gasteiger partial charge in [0.25, 0.3) is 0 Å². The van der Waals surface area contributed by atoms with Crippen LogP contribution in [-0.4, -0.2) is 40.8 Å². The van der Waals surface area contributed by atoms with E-state index in [-0.39, 0.29) is 6.17 Å². The maximum Gasteiger partial charge on any atom is 0.208 e. The van der Waals surface area contributed by atoms with Gasteiger partial charge >= 0.3 is 0 Å². The number of anilines is 1. The Balaban J connectivity index is 0.000000621. The number of aromatic nitrogens is 3. The molecule has 0 aliphatic rings. The molecule has 1 aromatic rings. The summed E-state index contributed by atoms with van der Waals surface area (Å²) in [6.07, 6.45) is 3.22. The van der Waals surface area contributed by atoms with Gasteiger partial charge in [-0.1, -0.05) is 12.2 Å². The normalized spacial score (nSPS) is 9.60. The largest absolute Gasteiger partial charge is 0.335 e. The Morgan fingerprint density at radius 1 is 1.20 bits per heavy atom. The summed E-state index contributed by atoms with van der Waals surface area (Å²) in [4.78, 5) is 11.7. The second-order valence-corrected chi connectivity index (χ2v) is 4.50. The van der Waals surface area contributed by atoms with Crippen LogP contribution in [0.25, 0.3) is 0 Å². The Kier molecular flexibility index (Phi) is 9.68. The molecule has 0 aliphatic carbocycles. The SMILES string of the molecule is C=CCN(CC=C)c1nc(=S)[nH]c(=S)[nH]1.NCC(N)N. The Labute approximate surface area is 128 Å². The van der Waals surface area contributed by atoms with Gasteiger partial charge in [0.1, 0.15) is 0 Å². The second-order valence-electron chi connectivity index (χ2n) is 3.70. The van der Waals surface area contributed by atoms with Crippen LogP contribution in [0.3, 0.4) is 0 Å². The average Bonchev–Trinajstić information content (AvgIpc) is 2.38. The molecule has 0 fully saturated rings. The maximum absolute atomic E-state index is 4.98. The van der Waals surface area contributed by atoms with Gasteiger partial charge in [0.05, 0.1) is 6.17 Å². The Hall–Kier alpha value is -1.39. The van der Waals surface area contributed by atoms with Gasteiger partial charge in [-0.3, -0.25) is 0 Å². The van der Waals surface area contributed by atoms with Gasteiger partial charge in [-0.15, -0.1) is 13.2 Å². The molecule has 0 amide bonds. The molecule has 20 heavy (non-hydrogen) atoms. The van der Waals surface area contributed by atoms with Crippen LogP contribution in [0.5, 0.6) is 0 Å². The van der Waals surface area contributed by atoms with E-state index >= 15 is 0 Å². The summed E-state index contributed by atoms with van der Waals surface area (Å²) in [6, 6.07) is 0. The highest BCUT2D eigenvalue weighted by Gasteiger charge is 2.04. The number of nitrogens with zero attached hydrogens (tertiary/aromatic N) is 2. The number of nitrogens with two attached hydrogens (primary N) is 3. The first-order valence-corrected chi connectivity index (χ1v) is 6.64. The van der Waals surface area contributed by atoms with Gasteiger partial charge in [0, 0.05) is 19.6 Å². The van der Waals surface area contributed by atoms with Crippen molar-refractivity contribution in [2.75, 3.05) is 24.5 Å². The Morgan fingerprint density at radius 2 is 1.70 bits per heavy atom. The Morgan fingerprint density at radius 3 is 2.05 bits per heavy atom.